The lowest BCUT2D eigenvalue weighted by Crippen LogP contribution is -2.23. The molecule has 2 heteroatoms. The summed E-state index contributed by atoms with van der Waals surface area (Å²) in [5, 5.41) is 0. The molecule has 1 aromatic rings. The summed E-state index contributed by atoms with van der Waals surface area (Å²) in [6.07, 6.45) is 2.72. The molecule has 0 spiro atoms. The Morgan fingerprint density at radius 1 is 1.17 bits per heavy atom. The standard InChI is InChI=1S/C16H26FN/c1-8-16(6,7)14-12(10(2)3)9-18-15(17)13(14)11(4)5/h9-11H,8H2,1-7H3. The Bertz CT molecular complexity index is 419. The molecule has 0 saturated heterocycles. The van der Waals surface area contributed by atoms with Crippen LogP contribution in [0.15, 0.2) is 6.20 Å². The molecule has 102 valence electrons. The second-order valence-corrected chi connectivity index (χ2v) is 6.34. The molecule has 0 aliphatic rings. The molecule has 0 N–H and O–H groups in total. The van der Waals surface area contributed by atoms with E-state index in [2.05, 4.69) is 39.6 Å². The van der Waals surface area contributed by atoms with Gasteiger partial charge in [0.2, 0.25) is 5.95 Å². The van der Waals surface area contributed by atoms with Gasteiger partial charge in [0.05, 0.1) is 0 Å². The van der Waals surface area contributed by atoms with Gasteiger partial charge in [-0.25, -0.2) is 4.98 Å². The van der Waals surface area contributed by atoms with Gasteiger partial charge in [-0.05, 0) is 34.8 Å². The van der Waals surface area contributed by atoms with E-state index in [1.54, 1.807) is 6.20 Å². The molecule has 0 aliphatic heterocycles. The number of halogens is 1. The van der Waals surface area contributed by atoms with E-state index in [1.807, 2.05) is 13.8 Å². The van der Waals surface area contributed by atoms with Crippen molar-refractivity contribution in [1.29, 1.82) is 0 Å². The van der Waals surface area contributed by atoms with E-state index in [9.17, 15) is 4.39 Å². The highest BCUT2D eigenvalue weighted by molar-refractivity contribution is 5.41. The van der Waals surface area contributed by atoms with E-state index in [1.165, 1.54) is 11.1 Å². The van der Waals surface area contributed by atoms with Gasteiger partial charge in [-0.1, -0.05) is 48.5 Å². The second kappa shape index (κ2) is 5.38. The van der Waals surface area contributed by atoms with Crippen LogP contribution in [0.3, 0.4) is 0 Å². The summed E-state index contributed by atoms with van der Waals surface area (Å²) in [7, 11) is 0. The zero-order chi connectivity index (χ0) is 14.1. The zero-order valence-electron chi connectivity index (χ0n) is 12.8. The summed E-state index contributed by atoms with van der Waals surface area (Å²) in [5.41, 5.74) is 3.14. The first-order chi connectivity index (χ1) is 8.22. The molecule has 0 unspecified atom stereocenters. The Hall–Kier alpha value is -0.920. The lowest BCUT2D eigenvalue weighted by molar-refractivity contribution is 0.469. The van der Waals surface area contributed by atoms with Crippen LogP contribution in [-0.2, 0) is 5.41 Å². The maximum atomic E-state index is 14.1. The largest absolute Gasteiger partial charge is 0.228 e. The molecular formula is C16H26FN. The molecule has 0 amide bonds. The molecular weight excluding hydrogens is 225 g/mol. The van der Waals surface area contributed by atoms with Crippen molar-refractivity contribution in [3.05, 3.63) is 28.8 Å². The van der Waals surface area contributed by atoms with Crippen LogP contribution in [0, 0.1) is 5.95 Å². The SMILES string of the molecule is CCC(C)(C)c1c(C(C)C)cnc(F)c1C(C)C. The van der Waals surface area contributed by atoms with Crippen LogP contribution in [0.5, 0.6) is 0 Å². The molecule has 1 rings (SSSR count). The maximum absolute atomic E-state index is 14.1. The highest BCUT2D eigenvalue weighted by atomic mass is 19.1. The predicted molar refractivity (Wildman–Crippen MR) is 75.7 cm³/mol. The predicted octanol–water partition coefficient (Wildman–Crippen LogP) is 5.16. The minimum Gasteiger partial charge on any atom is -0.228 e. The fourth-order valence-corrected chi connectivity index (χ4v) is 2.42. The van der Waals surface area contributed by atoms with Gasteiger partial charge in [0.15, 0.2) is 0 Å². The van der Waals surface area contributed by atoms with Gasteiger partial charge in [0.25, 0.3) is 0 Å². The van der Waals surface area contributed by atoms with Crippen LogP contribution in [-0.4, -0.2) is 4.98 Å². The van der Waals surface area contributed by atoms with E-state index in [-0.39, 0.29) is 17.3 Å². The van der Waals surface area contributed by atoms with Crippen molar-refractivity contribution >= 4 is 0 Å². The Labute approximate surface area is 111 Å². The van der Waals surface area contributed by atoms with E-state index in [0.717, 1.165) is 12.0 Å². The van der Waals surface area contributed by atoms with Crippen molar-refractivity contribution < 1.29 is 4.39 Å². The average molecular weight is 251 g/mol. The summed E-state index contributed by atoms with van der Waals surface area (Å²) in [5.74, 6) is 0.236. The van der Waals surface area contributed by atoms with E-state index in [4.69, 9.17) is 0 Å². The highest BCUT2D eigenvalue weighted by Crippen LogP contribution is 2.39. The topological polar surface area (TPSA) is 12.9 Å². The zero-order valence-corrected chi connectivity index (χ0v) is 12.8. The number of pyridine rings is 1. The first-order valence-electron chi connectivity index (χ1n) is 6.91. The average Bonchev–Trinajstić information content (AvgIpc) is 2.27. The summed E-state index contributed by atoms with van der Waals surface area (Å²) < 4.78 is 14.1. The van der Waals surface area contributed by atoms with Gasteiger partial charge in [-0.2, -0.15) is 4.39 Å². The maximum Gasteiger partial charge on any atom is 0.216 e. The molecule has 1 heterocycles. The van der Waals surface area contributed by atoms with Crippen molar-refractivity contribution in [1.82, 2.24) is 4.98 Å². The lowest BCUT2D eigenvalue weighted by Gasteiger charge is -2.31. The Balaban J connectivity index is 3.64. The minimum absolute atomic E-state index is 0.0109. The monoisotopic (exact) mass is 251 g/mol. The molecule has 0 aromatic carbocycles. The third-order valence-corrected chi connectivity index (χ3v) is 3.86. The van der Waals surface area contributed by atoms with Crippen molar-refractivity contribution in [2.24, 2.45) is 0 Å². The van der Waals surface area contributed by atoms with Crippen molar-refractivity contribution in [2.75, 3.05) is 0 Å². The number of hydrogen-bond acceptors (Lipinski definition) is 1. The van der Waals surface area contributed by atoms with Crippen LogP contribution in [0.25, 0.3) is 0 Å². The quantitative estimate of drug-likeness (QED) is 0.674. The molecule has 1 nitrogen and oxygen atoms in total. The molecule has 0 radical (unpaired) electrons. The summed E-state index contributed by atoms with van der Waals surface area (Å²) >= 11 is 0. The van der Waals surface area contributed by atoms with Crippen LogP contribution >= 0.6 is 0 Å². The lowest BCUT2D eigenvalue weighted by atomic mass is 9.74. The third-order valence-electron chi connectivity index (χ3n) is 3.86. The van der Waals surface area contributed by atoms with Gasteiger partial charge in [0, 0.05) is 11.8 Å². The van der Waals surface area contributed by atoms with Crippen LogP contribution < -0.4 is 0 Å². The third kappa shape index (κ3) is 2.73. The molecule has 0 atom stereocenters. The number of nitrogens with zero attached hydrogens (tertiary/aromatic N) is 1. The van der Waals surface area contributed by atoms with Crippen LogP contribution in [0.1, 0.15) is 83.4 Å². The van der Waals surface area contributed by atoms with Gasteiger partial charge in [0.1, 0.15) is 0 Å². The Kier molecular flexibility index (Phi) is 4.52. The molecule has 0 fully saturated rings. The van der Waals surface area contributed by atoms with E-state index >= 15 is 0 Å². The fourth-order valence-electron chi connectivity index (χ4n) is 2.42. The van der Waals surface area contributed by atoms with Crippen LogP contribution in [0.2, 0.25) is 0 Å². The van der Waals surface area contributed by atoms with Crippen molar-refractivity contribution in [3.8, 4) is 0 Å². The van der Waals surface area contributed by atoms with Crippen LogP contribution in [0.4, 0.5) is 4.39 Å². The van der Waals surface area contributed by atoms with E-state index in [0.29, 0.717) is 5.92 Å². The summed E-state index contributed by atoms with van der Waals surface area (Å²) in [6, 6.07) is 0. The highest BCUT2D eigenvalue weighted by Gasteiger charge is 2.29. The van der Waals surface area contributed by atoms with Crippen molar-refractivity contribution in [2.45, 2.75) is 72.1 Å². The van der Waals surface area contributed by atoms with Gasteiger partial charge in [-0.3, -0.25) is 0 Å². The molecule has 0 saturated carbocycles. The number of aromatic nitrogens is 1. The normalized spacial score (nSPS) is 12.6. The van der Waals surface area contributed by atoms with Crippen molar-refractivity contribution in [3.63, 3.8) is 0 Å². The first-order valence-corrected chi connectivity index (χ1v) is 6.91. The Morgan fingerprint density at radius 3 is 2.11 bits per heavy atom. The first kappa shape index (κ1) is 15.1. The molecule has 1 aromatic heterocycles. The minimum atomic E-state index is -0.300. The smallest absolute Gasteiger partial charge is 0.216 e. The van der Waals surface area contributed by atoms with Gasteiger partial charge < -0.3 is 0 Å². The second-order valence-electron chi connectivity index (χ2n) is 6.34. The van der Waals surface area contributed by atoms with E-state index < -0.39 is 0 Å². The summed E-state index contributed by atoms with van der Waals surface area (Å²) in [6.45, 7) is 14.9. The molecule has 0 bridgehead atoms. The fraction of sp³-hybridized carbons (Fsp3) is 0.688. The Morgan fingerprint density at radius 2 is 1.72 bits per heavy atom. The molecule has 18 heavy (non-hydrogen) atoms. The summed E-state index contributed by atoms with van der Waals surface area (Å²) in [4.78, 5) is 3.96. The van der Waals surface area contributed by atoms with Gasteiger partial charge >= 0.3 is 0 Å². The molecule has 0 aliphatic carbocycles. The van der Waals surface area contributed by atoms with Gasteiger partial charge in [-0.15, -0.1) is 0 Å². The number of hydrogen-bond donors (Lipinski definition) is 0. The number of rotatable bonds is 4.